The van der Waals surface area contributed by atoms with E-state index in [0.29, 0.717) is 17.8 Å². The number of nitrogens with one attached hydrogen (secondary N) is 1. The summed E-state index contributed by atoms with van der Waals surface area (Å²) in [6, 6.07) is 11.0. The lowest BCUT2D eigenvalue weighted by Crippen LogP contribution is -2.44. The Bertz CT molecular complexity index is 742. The van der Waals surface area contributed by atoms with Crippen molar-refractivity contribution in [3.63, 3.8) is 0 Å². The summed E-state index contributed by atoms with van der Waals surface area (Å²) in [6.07, 6.45) is 4.74. The highest BCUT2D eigenvalue weighted by Gasteiger charge is 2.24. The molecule has 1 N–H and O–H groups in total. The molecule has 6 heteroatoms. The minimum Gasteiger partial charge on any atom is -0.467 e. The first-order valence-electron chi connectivity index (χ1n) is 8.97. The number of piperidine rings is 1. The second-order valence-corrected chi connectivity index (χ2v) is 6.49. The zero-order valence-corrected chi connectivity index (χ0v) is 14.9. The first kappa shape index (κ1) is 18.0. The fourth-order valence-electron chi connectivity index (χ4n) is 3.17. The van der Waals surface area contributed by atoms with Gasteiger partial charge in [0.25, 0.3) is 5.91 Å². The second-order valence-electron chi connectivity index (χ2n) is 6.49. The van der Waals surface area contributed by atoms with Gasteiger partial charge in [0.2, 0.25) is 0 Å². The summed E-state index contributed by atoms with van der Waals surface area (Å²) in [7, 11) is 0. The molecule has 6 nitrogen and oxygen atoms in total. The summed E-state index contributed by atoms with van der Waals surface area (Å²) < 4.78 is 10.6. The van der Waals surface area contributed by atoms with Gasteiger partial charge >= 0.3 is 5.97 Å². The highest BCUT2D eigenvalue weighted by atomic mass is 16.5. The van der Waals surface area contributed by atoms with Crippen LogP contribution in [0.4, 0.5) is 5.69 Å². The maximum absolute atomic E-state index is 12.4. The van der Waals surface area contributed by atoms with Crippen LogP contribution < -0.4 is 5.32 Å². The van der Waals surface area contributed by atoms with Crippen molar-refractivity contribution in [3.8, 4) is 0 Å². The number of ether oxygens (including phenoxy) is 1. The summed E-state index contributed by atoms with van der Waals surface area (Å²) in [4.78, 5) is 26.6. The number of hydrogen-bond acceptors (Lipinski definition) is 5. The number of benzene rings is 1. The van der Waals surface area contributed by atoms with E-state index >= 15 is 0 Å². The molecule has 138 valence electrons. The third-order valence-corrected chi connectivity index (χ3v) is 4.63. The number of hydrogen-bond donors (Lipinski definition) is 1. The van der Waals surface area contributed by atoms with Gasteiger partial charge < -0.3 is 19.4 Å². The van der Waals surface area contributed by atoms with Gasteiger partial charge in [0.15, 0.2) is 6.61 Å². The van der Waals surface area contributed by atoms with E-state index in [1.54, 1.807) is 29.4 Å². The Morgan fingerprint density at radius 2 is 2.08 bits per heavy atom. The van der Waals surface area contributed by atoms with Crippen LogP contribution in [0.2, 0.25) is 0 Å². The normalized spacial score (nSPS) is 17.0. The van der Waals surface area contributed by atoms with Crippen molar-refractivity contribution >= 4 is 17.6 Å². The number of carbonyl (C=O) groups is 2. The molecule has 1 amide bonds. The molecule has 0 radical (unpaired) electrons. The highest BCUT2D eigenvalue weighted by Crippen LogP contribution is 2.19. The molecule has 0 spiro atoms. The molecule has 0 unspecified atom stereocenters. The molecule has 1 aromatic carbocycles. The number of likely N-dealkylation sites (tertiary alicyclic amines) is 1. The van der Waals surface area contributed by atoms with Gasteiger partial charge in [0.05, 0.1) is 18.4 Å². The fourth-order valence-corrected chi connectivity index (χ4v) is 3.17. The van der Waals surface area contributed by atoms with Crippen molar-refractivity contribution in [3.05, 3.63) is 54.0 Å². The predicted molar refractivity (Wildman–Crippen MR) is 97.8 cm³/mol. The van der Waals surface area contributed by atoms with Gasteiger partial charge in [-0.05, 0) is 50.5 Å². The number of rotatable bonds is 6. The van der Waals surface area contributed by atoms with E-state index in [1.807, 2.05) is 25.1 Å². The molecular weight excluding hydrogens is 332 g/mol. The minimum absolute atomic E-state index is 0.133. The molecule has 1 aliphatic heterocycles. The van der Waals surface area contributed by atoms with Gasteiger partial charge in [-0.1, -0.05) is 12.1 Å². The molecule has 0 bridgehead atoms. The Morgan fingerprint density at radius 1 is 1.23 bits per heavy atom. The fraction of sp³-hybridized carbons (Fsp3) is 0.400. The third kappa shape index (κ3) is 4.45. The molecule has 3 rings (SSSR count). The molecule has 1 aliphatic rings. The molecule has 2 aromatic rings. The lowest BCUT2D eigenvalue weighted by atomic mass is 10.0. The summed E-state index contributed by atoms with van der Waals surface area (Å²) in [5.41, 5.74) is 1.05. The van der Waals surface area contributed by atoms with Crippen molar-refractivity contribution in [2.75, 3.05) is 18.5 Å². The Morgan fingerprint density at radius 3 is 2.85 bits per heavy atom. The van der Waals surface area contributed by atoms with Gasteiger partial charge in [-0.2, -0.15) is 0 Å². The Balaban J connectivity index is 1.58. The lowest BCUT2D eigenvalue weighted by Gasteiger charge is -2.33. The van der Waals surface area contributed by atoms with Gasteiger partial charge in [-0.3, -0.25) is 4.79 Å². The zero-order chi connectivity index (χ0) is 18.4. The van der Waals surface area contributed by atoms with Crippen molar-refractivity contribution in [1.29, 1.82) is 0 Å². The highest BCUT2D eigenvalue weighted by molar-refractivity contribution is 5.96. The number of para-hydroxylation sites is 1. The zero-order valence-electron chi connectivity index (χ0n) is 14.9. The largest absolute Gasteiger partial charge is 0.467 e. The average Bonchev–Trinajstić information content (AvgIpc) is 3.18. The summed E-state index contributed by atoms with van der Waals surface area (Å²) in [5.74, 6) is 0.125. The van der Waals surface area contributed by atoms with E-state index in [0.717, 1.165) is 31.6 Å². The smallest absolute Gasteiger partial charge is 0.340 e. The molecule has 0 aliphatic carbocycles. The van der Waals surface area contributed by atoms with E-state index in [4.69, 9.17) is 9.15 Å². The number of furan rings is 1. The van der Waals surface area contributed by atoms with E-state index in [2.05, 4.69) is 5.32 Å². The maximum Gasteiger partial charge on any atom is 0.340 e. The van der Waals surface area contributed by atoms with Crippen LogP contribution in [0.25, 0.3) is 0 Å². The van der Waals surface area contributed by atoms with Crippen LogP contribution >= 0.6 is 0 Å². The van der Waals surface area contributed by atoms with Crippen LogP contribution in [0.5, 0.6) is 0 Å². The first-order chi connectivity index (χ1) is 12.6. The Kier molecular flexibility index (Phi) is 5.94. The molecule has 1 atom stereocenters. The van der Waals surface area contributed by atoms with Crippen LogP contribution in [-0.2, 0) is 16.1 Å². The molecule has 26 heavy (non-hydrogen) atoms. The number of amides is 1. The van der Waals surface area contributed by atoms with Crippen LogP contribution in [0.15, 0.2) is 47.1 Å². The van der Waals surface area contributed by atoms with Crippen LogP contribution in [0, 0.1) is 0 Å². The molecular formula is C20H24N2O4. The van der Waals surface area contributed by atoms with Crippen molar-refractivity contribution in [2.45, 2.75) is 38.8 Å². The maximum atomic E-state index is 12.4. The number of esters is 1. The predicted octanol–water partition coefficient (Wildman–Crippen LogP) is 3.45. The van der Waals surface area contributed by atoms with E-state index in [-0.39, 0.29) is 18.6 Å². The number of nitrogens with zero attached hydrogens (tertiary/aromatic N) is 1. The third-order valence-electron chi connectivity index (χ3n) is 4.63. The number of carbonyl (C=O) groups excluding carboxylic acids is 2. The molecule has 1 saturated heterocycles. The summed E-state index contributed by atoms with van der Waals surface area (Å²) >= 11 is 0. The van der Waals surface area contributed by atoms with Gasteiger partial charge in [-0.25, -0.2) is 4.79 Å². The Hall–Kier alpha value is -2.76. The molecule has 0 saturated carbocycles. The van der Waals surface area contributed by atoms with Crippen LogP contribution in [-0.4, -0.2) is 36.0 Å². The topological polar surface area (TPSA) is 71.8 Å². The number of anilines is 1. The van der Waals surface area contributed by atoms with Crippen molar-refractivity contribution in [2.24, 2.45) is 0 Å². The van der Waals surface area contributed by atoms with Crippen LogP contribution in [0.3, 0.4) is 0 Å². The lowest BCUT2D eigenvalue weighted by molar-refractivity contribution is -0.137. The van der Waals surface area contributed by atoms with Gasteiger partial charge in [0, 0.05) is 18.3 Å². The standard InChI is InChI=1S/C20H24N2O4/c1-15-7-4-5-11-22(15)19(23)14-26-20(24)17-9-2-3-10-18(17)21-13-16-8-6-12-25-16/h2-3,6,8-10,12,15,21H,4-5,7,11,13-14H2,1H3/t15-/m1/s1. The molecule has 2 heterocycles. The second kappa shape index (κ2) is 8.56. The van der Waals surface area contributed by atoms with Crippen molar-refractivity contribution in [1.82, 2.24) is 4.90 Å². The van der Waals surface area contributed by atoms with Gasteiger partial charge in [0.1, 0.15) is 5.76 Å². The minimum atomic E-state index is -0.509. The monoisotopic (exact) mass is 356 g/mol. The average molecular weight is 356 g/mol. The summed E-state index contributed by atoms with van der Waals surface area (Å²) in [5, 5.41) is 3.16. The SMILES string of the molecule is C[C@@H]1CCCCN1C(=O)COC(=O)c1ccccc1NCc1ccco1. The van der Waals surface area contributed by atoms with E-state index in [1.165, 1.54) is 0 Å². The van der Waals surface area contributed by atoms with Crippen LogP contribution in [0.1, 0.15) is 42.3 Å². The first-order valence-corrected chi connectivity index (χ1v) is 8.97. The van der Waals surface area contributed by atoms with Gasteiger partial charge in [-0.15, -0.1) is 0 Å². The van der Waals surface area contributed by atoms with E-state index < -0.39 is 5.97 Å². The quantitative estimate of drug-likeness (QED) is 0.803. The summed E-state index contributed by atoms with van der Waals surface area (Å²) in [6.45, 7) is 3.00. The molecule has 1 aromatic heterocycles. The van der Waals surface area contributed by atoms with Crippen molar-refractivity contribution < 1.29 is 18.7 Å². The van der Waals surface area contributed by atoms with E-state index in [9.17, 15) is 9.59 Å². The molecule has 1 fully saturated rings. The Labute approximate surface area is 153 Å².